The molecule has 0 aliphatic rings. The molecule has 5 heteroatoms. The van der Waals surface area contributed by atoms with Crippen LogP contribution in [0.25, 0.3) is 0 Å². The summed E-state index contributed by atoms with van der Waals surface area (Å²) < 4.78 is 0. The average molecular weight is 277 g/mol. The van der Waals surface area contributed by atoms with Gasteiger partial charge in [0.2, 0.25) is 0 Å². The van der Waals surface area contributed by atoms with E-state index in [0.717, 1.165) is 24.1 Å². The van der Waals surface area contributed by atoms with Gasteiger partial charge in [0.1, 0.15) is 0 Å². The van der Waals surface area contributed by atoms with Crippen molar-refractivity contribution in [2.45, 2.75) is 33.1 Å². The van der Waals surface area contributed by atoms with Gasteiger partial charge in [0, 0.05) is 11.4 Å². The van der Waals surface area contributed by atoms with Gasteiger partial charge in [-0.05, 0) is 44.4 Å². The summed E-state index contributed by atoms with van der Waals surface area (Å²) in [6.07, 6.45) is 2.91. The van der Waals surface area contributed by atoms with Crippen LogP contribution in [0.1, 0.15) is 39.9 Å². The Hall–Kier alpha value is -0.580. The molecule has 1 rings (SSSR count). The van der Waals surface area contributed by atoms with Gasteiger partial charge in [-0.15, -0.1) is 23.7 Å². The third-order valence-corrected chi connectivity index (χ3v) is 3.86. The van der Waals surface area contributed by atoms with E-state index in [4.69, 9.17) is 5.73 Å². The Morgan fingerprint density at radius 2 is 2.18 bits per heavy atom. The zero-order chi connectivity index (χ0) is 12.0. The van der Waals surface area contributed by atoms with Crippen molar-refractivity contribution in [3.8, 4) is 0 Å². The van der Waals surface area contributed by atoms with Gasteiger partial charge < -0.3 is 11.1 Å². The number of carbonyl (C=O) groups is 1. The molecule has 17 heavy (non-hydrogen) atoms. The number of rotatable bonds is 6. The first kappa shape index (κ1) is 16.4. The fourth-order valence-corrected chi connectivity index (χ4v) is 2.57. The number of nitrogens with two attached hydrogens (primary N) is 1. The number of carbonyl (C=O) groups excluding carboxylic acids is 1. The SMILES string of the molecule is CCc1sc(C(=O)NCCCCN)cc1C.Cl. The second kappa shape index (κ2) is 8.50. The number of thiophene rings is 1. The molecule has 1 heterocycles. The number of unbranched alkanes of at least 4 members (excludes halogenated alkanes) is 1. The molecule has 0 atom stereocenters. The summed E-state index contributed by atoms with van der Waals surface area (Å²) in [7, 11) is 0. The molecular formula is C12H21ClN2OS. The molecule has 0 spiro atoms. The van der Waals surface area contributed by atoms with E-state index >= 15 is 0 Å². The molecule has 1 amide bonds. The number of aryl methyl sites for hydroxylation is 2. The highest BCUT2D eigenvalue weighted by Gasteiger charge is 2.10. The minimum Gasteiger partial charge on any atom is -0.351 e. The van der Waals surface area contributed by atoms with Gasteiger partial charge in [-0.2, -0.15) is 0 Å². The summed E-state index contributed by atoms with van der Waals surface area (Å²) in [6.45, 7) is 5.57. The van der Waals surface area contributed by atoms with Crippen molar-refractivity contribution in [1.82, 2.24) is 5.32 Å². The van der Waals surface area contributed by atoms with E-state index in [9.17, 15) is 4.79 Å². The molecule has 3 N–H and O–H groups in total. The summed E-state index contributed by atoms with van der Waals surface area (Å²) in [4.78, 5) is 13.9. The Balaban J connectivity index is 0.00000256. The maximum absolute atomic E-state index is 11.8. The molecular weight excluding hydrogens is 256 g/mol. The second-order valence-electron chi connectivity index (χ2n) is 3.82. The van der Waals surface area contributed by atoms with E-state index < -0.39 is 0 Å². The van der Waals surface area contributed by atoms with E-state index in [1.54, 1.807) is 11.3 Å². The highest BCUT2D eigenvalue weighted by Crippen LogP contribution is 2.22. The molecule has 0 aliphatic heterocycles. The van der Waals surface area contributed by atoms with E-state index in [1.165, 1.54) is 10.4 Å². The van der Waals surface area contributed by atoms with E-state index in [2.05, 4.69) is 19.2 Å². The zero-order valence-electron chi connectivity index (χ0n) is 10.4. The molecule has 0 saturated heterocycles. The highest BCUT2D eigenvalue weighted by atomic mass is 35.5. The smallest absolute Gasteiger partial charge is 0.261 e. The van der Waals surface area contributed by atoms with Crippen molar-refractivity contribution in [1.29, 1.82) is 0 Å². The van der Waals surface area contributed by atoms with Gasteiger partial charge in [0.05, 0.1) is 4.88 Å². The maximum atomic E-state index is 11.8. The quantitative estimate of drug-likeness (QED) is 0.785. The second-order valence-corrected chi connectivity index (χ2v) is 4.96. The van der Waals surface area contributed by atoms with Gasteiger partial charge in [0.25, 0.3) is 5.91 Å². The summed E-state index contributed by atoms with van der Waals surface area (Å²) in [5.74, 6) is 0.0461. The molecule has 0 unspecified atom stereocenters. The van der Waals surface area contributed by atoms with Gasteiger partial charge in [-0.3, -0.25) is 4.79 Å². The van der Waals surface area contributed by atoms with Crippen LogP contribution in [0.2, 0.25) is 0 Å². The fourth-order valence-electron chi connectivity index (χ4n) is 1.54. The third kappa shape index (κ3) is 5.06. The minimum atomic E-state index is 0. The van der Waals surface area contributed by atoms with Crippen molar-refractivity contribution >= 4 is 29.7 Å². The first-order chi connectivity index (χ1) is 7.69. The maximum Gasteiger partial charge on any atom is 0.261 e. The molecule has 0 fully saturated rings. The van der Waals surface area contributed by atoms with Crippen LogP contribution in [0.4, 0.5) is 0 Å². The Bertz CT molecular complexity index is 352. The number of halogens is 1. The molecule has 1 aromatic rings. The fraction of sp³-hybridized carbons (Fsp3) is 0.583. The predicted octanol–water partition coefficient (Wildman–Crippen LogP) is 2.51. The summed E-state index contributed by atoms with van der Waals surface area (Å²) >= 11 is 1.59. The van der Waals surface area contributed by atoms with Crippen LogP contribution in [0, 0.1) is 6.92 Å². The highest BCUT2D eigenvalue weighted by molar-refractivity contribution is 7.14. The minimum absolute atomic E-state index is 0. The predicted molar refractivity (Wildman–Crippen MR) is 76.3 cm³/mol. The first-order valence-corrected chi connectivity index (χ1v) is 6.58. The Labute approximate surface area is 113 Å². The lowest BCUT2D eigenvalue weighted by molar-refractivity contribution is 0.0957. The monoisotopic (exact) mass is 276 g/mol. The lowest BCUT2D eigenvalue weighted by Crippen LogP contribution is -2.23. The molecule has 3 nitrogen and oxygen atoms in total. The molecule has 98 valence electrons. The van der Waals surface area contributed by atoms with Crippen LogP contribution >= 0.6 is 23.7 Å². The number of hydrogen-bond acceptors (Lipinski definition) is 3. The average Bonchev–Trinajstić information content (AvgIpc) is 2.66. The first-order valence-electron chi connectivity index (χ1n) is 5.76. The van der Waals surface area contributed by atoms with E-state index in [0.29, 0.717) is 13.1 Å². The lowest BCUT2D eigenvalue weighted by Gasteiger charge is -2.01. The third-order valence-electron chi connectivity index (χ3n) is 2.48. The largest absolute Gasteiger partial charge is 0.351 e. The van der Waals surface area contributed by atoms with Gasteiger partial charge in [-0.1, -0.05) is 6.92 Å². The van der Waals surface area contributed by atoms with Crippen LogP contribution in [0.15, 0.2) is 6.07 Å². The summed E-state index contributed by atoms with van der Waals surface area (Å²) in [5, 5.41) is 2.91. The molecule has 0 bridgehead atoms. The van der Waals surface area contributed by atoms with Crippen LogP contribution in [0.5, 0.6) is 0 Å². The molecule has 0 aliphatic carbocycles. The van der Waals surface area contributed by atoms with Crippen LogP contribution < -0.4 is 11.1 Å². The van der Waals surface area contributed by atoms with Crippen molar-refractivity contribution in [2.75, 3.05) is 13.1 Å². The van der Waals surface area contributed by atoms with Crippen molar-refractivity contribution in [2.24, 2.45) is 5.73 Å². The van der Waals surface area contributed by atoms with Crippen molar-refractivity contribution in [3.63, 3.8) is 0 Å². The van der Waals surface area contributed by atoms with Crippen LogP contribution in [0.3, 0.4) is 0 Å². The van der Waals surface area contributed by atoms with Crippen molar-refractivity contribution < 1.29 is 4.79 Å². The van der Waals surface area contributed by atoms with Gasteiger partial charge >= 0.3 is 0 Å². The Morgan fingerprint density at radius 1 is 1.47 bits per heavy atom. The molecule has 0 radical (unpaired) electrons. The van der Waals surface area contributed by atoms with Crippen LogP contribution in [-0.4, -0.2) is 19.0 Å². The molecule has 0 aromatic carbocycles. The van der Waals surface area contributed by atoms with Gasteiger partial charge in [0.15, 0.2) is 0 Å². The summed E-state index contributed by atoms with van der Waals surface area (Å²) in [5.41, 5.74) is 6.61. The number of hydrogen-bond donors (Lipinski definition) is 2. The number of nitrogens with one attached hydrogen (secondary N) is 1. The van der Waals surface area contributed by atoms with E-state index in [1.807, 2.05) is 6.07 Å². The summed E-state index contributed by atoms with van der Waals surface area (Å²) in [6, 6.07) is 1.97. The van der Waals surface area contributed by atoms with Gasteiger partial charge in [-0.25, -0.2) is 0 Å². The molecule has 1 aromatic heterocycles. The standard InChI is InChI=1S/C12H20N2OS.ClH/c1-3-10-9(2)8-11(16-10)12(15)14-7-5-4-6-13;/h8H,3-7,13H2,1-2H3,(H,14,15);1H. The van der Waals surface area contributed by atoms with E-state index in [-0.39, 0.29) is 18.3 Å². The van der Waals surface area contributed by atoms with Crippen LogP contribution in [-0.2, 0) is 6.42 Å². The Morgan fingerprint density at radius 3 is 2.71 bits per heavy atom. The topological polar surface area (TPSA) is 55.1 Å². The normalized spacial score (nSPS) is 9.82. The lowest BCUT2D eigenvalue weighted by atomic mass is 10.2. The molecule has 0 saturated carbocycles. The number of amides is 1. The van der Waals surface area contributed by atoms with Crippen molar-refractivity contribution in [3.05, 3.63) is 21.4 Å². The Kier molecular flexibility index (Phi) is 8.21. The zero-order valence-corrected chi connectivity index (χ0v) is 12.0.